The van der Waals surface area contributed by atoms with Crippen molar-refractivity contribution in [1.82, 2.24) is 4.98 Å². The van der Waals surface area contributed by atoms with Gasteiger partial charge in [-0.1, -0.05) is 53.8 Å². The van der Waals surface area contributed by atoms with Gasteiger partial charge in [0.1, 0.15) is 17.3 Å². The predicted molar refractivity (Wildman–Crippen MR) is 124 cm³/mol. The lowest BCUT2D eigenvalue weighted by Crippen LogP contribution is -2.29. The molecule has 0 radical (unpaired) electrons. The number of nitrogens with zero attached hydrogens (tertiary/aromatic N) is 2. The number of aliphatic hydroxyl groups is 1. The van der Waals surface area contributed by atoms with E-state index in [4.69, 9.17) is 4.74 Å². The summed E-state index contributed by atoms with van der Waals surface area (Å²) in [4.78, 5) is 32.1. The summed E-state index contributed by atoms with van der Waals surface area (Å²) in [5, 5.41) is 11.4. The summed E-state index contributed by atoms with van der Waals surface area (Å²) in [5.74, 6) is -1.87. The minimum absolute atomic E-state index is 0.0510. The van der Waals surface area contributed by atoms with Crippen LogP contribution in [0.25, 0.3) is 16.0 Å². The summed E-state index contributed by atoms with van der Waals surface area (Å²) in [6.45, 7) is 0. The largest absolute Gasteiger partial charge is 0.507 e. The van der Waals surface area contributed by atoms with E-state index in [9.17, 15) is 19.1 Å². The molecular formula is C25H17FN2O4S. The van der Waals surface area contributed by atoms with Crippen molar-refractivity contribution in [2.24, 2.45) is 0 Å². The van der Waals surface area contributed by atoms with Gasteiger partial charge >= 0.3 is 5.91 Å². The van der Waals surface area contributed by atoms with Crippen molar-refractivity contribution in [3.05, 3.63) is 95.3 Å². The SMILES string of the molecule is COc1cccc(/C(O)=C2\C(=O)C(=O)N(c3nc4ccc(F)cc4s3)C2c2ccccc2)c1. The first-order valence-electron chi connectivity index (χ1n) is 10.0. The molecule has 1 aliphatic heterocycles. The first kappa shape index (κ1) is 20.8. The van der Waals surface area contributed by atoms with E-state index >= 15 is 0 Å². The van der Waals surface area contributed by atoms with Crippen LogP contribution in [0, 0.1) is 5.82 Å². The van der Waals surface area contributed by atoms with Gasteiger partial charge in [0.05, 0.1) is 28.9 Å². The summed E-state index contributed by atoms with van der Waals surface area (Å²) in [7, 11) is 1.50. The molecule has 1 unspecified atom stereocenters. The third kappa shape index (κ3) is 3.54. The Morgan fingerprint density at radius 2 is 1.85 bits per heavy atom. The Bertz CT molecular complexity index is 1430. The molecule has 1 fully saturated rings. The van der Waals surface area contributed by atoms with E-state index < -0.39 is 23.5 Å². The van der Waals surface area contributed by atoms with Crippen molar-refractivity contribution < 1.29 is 23.8 Å². The zero-order valence-corrected chi connectivity index (χ0v) is 18.2. The number of anilines is 1. The van der Waals surface area contributed by atoms with Gasteiger partial charge in [-0.2, -0.15) is 0 Å². The maximum Gasteiger partial charge on any atom is 0.301 e. The molecule has 0 aliphatic carbocycles. The molecule has 3 aromatic carbocycles. The first-order valence-corrected chi connectivity index (χ1v) is 10.9. The summed E-state index contributed by atoms with van der Waals surface area (Å²) in [5.41, 5.74) is 1.44. The van der Waals surface area contributed by atoms with Crippen molar-refractivity contribution in [2.45, 2.75) is 6.04 Å². The van der Waals surface area contributed by atoms with Crippen molar-refractivity contribution in [1.29, 1.82) is 0 Å². The number of thiazole rings is 1. The van der Waals surface area contributed by atoms with Gasteiger partial charge in [-0.15, -0.1) is 0 Å². The Morgan fingerprint density at radius 1 is 1.06 bits per heavy atom. The molecule has 0 spiro atoms. The molecular weight excluding hydrogens is 443 g/mol. The van der Waals surface area contributed by atoms with Crippen molar-refractivity contribution in [3.8, 4) is 5.75 Å². The molecule has 1 aromatic heterocycles. The summed E-state index contributed by atoms with van der Waals surface area (Å²) < 4.78 is 19.5. The number of aromatic nitrogens is 1. The molecule has 0 bridgehead atoms. The number of Topliss-reactive ketones (excluding diaryl/α,β-unsaturated/α-hetero) is 1. The number of rotatable bonds is 4. The standard InChI is InChI=1S/C25H17FN2O4S/c1-32-17-9-5-8-15(12-17)22(29)20-21(14-6-3-2-4-7-14)28(24(31)23(20)30)25-27-18-11-10-16(26)13-19(18)33-25/h2-13,21,29H,1H3/b22-20+. The molecule has 2 heterocycles. The number of carbonyl (C=O) groups is 2. The molecule has 1 atom stereocenters. The van der Waals surface area contributed by atoms with Crippen molar-refractivity contribution in [3.63, 3.8) is 0 Å². The molecule has 8 heteroatoms. The van der Waals surface area contributed by atoms with Crippen LogP contribution in [-0.4, -0.2) is 28.9 Å². The first-order chi connectivity index (χ1) is 16.0. The Labute approximate surface area is 192 Å². The van der Waals surface area contributed by atoms with Crippen LogP contribution in [0.4, 0.5) is 9.52 Å². The molecule has 5 rings (SSSR count). The number of ether oxygens (including phenoxy) is 1. The van der Waals surface area contributed by atoms with Crippen LogP contribution in [0.1, 0.15) is 17.2 Å². The minimum Gasteiger partial charge on any atom is -0.507 e. The number of amides is 1. The summed E-state index contributed by atoms with van der Waals surface area (Å²) in [6, 6.07) is 18.8. The van der Waals surface area contributed by atoms with Gasteiger partial charge in [-0.05, 0) is 35.9 Å². The lowest BCUT2D eigenvalue weighted by Gasteiger charge is -2.22. The third-order valence-corrected chi connectivity index (χ3v) is 6.47. The van der Waals surface area contributed by atoms with E-state index in [1.807, 2.05) is 6.07 Å². The number of hydrogen-bond donors (Lipinski definition) is 1. The molecule has 4 aromatic rings. The second-order valence-corrected chi connectivity index (χ2v) is 8.43. The van der Waals surface area contributed by atoms with Gasteiger partial charge in [-0.25, -0.2) is 9.37 Å². The fourth-order valence-electron chi connectivity index (χ4n) is 3.90. The van der Waals surface area contributed by atoms with Gasteiger partial charge in [0, 0.05) is 5.56 Å². The van der Waals surface area contributed by atoms with Gasteiger partial charge in [0.15, 0.2) is 5.13 Å². The predicted octanol–water partition coefficient (Wildman–Crippen LogP) is 5.07. The van der Waals surface area contributed by atoms with Gasteiger partial charge in [0.25, 0.3) is 5.78 Å². The van der Waals surface area contributed by atoms with E-state index in [1.165, 1.54) is 30.2 Å². The Hall–Kier alpha value is -4.04. The molecule has 1 N–H and O–H groups in total. The highest BCUT2D eigenvalue weighted by molar-refractivity contribution is 7.22. The number of aliphatic hydroxyl groups excluding tert-OH is 1. The maximum atomic E-state index is 13.7. The lowest BCUT2D eigenvalue weighted by molar-refractivity contribution is -0.132. The highest BCUT2D eigenvalue weighted by Crippen LogP contribution is 2.44. The Kier molecular flexibility index (Phi) is 5.14. The molecule has 1 saturated heterocycles. The van der Waals surface area contributed by atoms with Crippen LogP contribution in [-0.2, 0) is 9.59 Å². The molecule has 6 nitrogen and oxygen atoms in total. The van der Waals surface area contributed by atoms with E-state index in [0.29, 0.717) is 27.1 Å². The number of methoxy groups -OCH3 is 1. The molecule has 1 amide bonds. The fourth-order valence-corrected chi connectivity index (χ4v) is 4.91. The zero-order valence-electron chi connectivity index (χ0n) is 17.4. The van der Waals surface area contributed by atoms with E-state index in [-0.39, 0.29) is 16.5 Å². The lowest BCUT2D eigenvalue weighted by atomic mass is 9.95. The van der Waals surface area contributed by atoms with Crippen LogP contribution in [0.5, 0.6) is 5.75 Å². The number of ketones is 1. The Morgan fingerprint density at radius 3 is 2.61 bits per heavy atom. The highest BCUT2D eigenvalue weighted by Gasteiger charge is 2.48. The van der Waals surface area contributed by atoms with E-state index in [2.05, 4.69) is 4.98 Å². The molecule has 0 saturated carbocycles. The van der Waals surface area contributed by atoms with Crippen LogP contribution in [0.15, 0.2) is 78.4 Å². The quantitative estimate of drug-likeness (QED) is 0.261. The smallest absolute Gasteiger partial charge is 0.301 e. The second-order valence-electron chi connectivity index (χ2n) is 7.42. The zero-order chi connectivity index (χ0) is 23.1. The summed E-state index contributed by atoms with van der Waals surface area (Å²) >= 11 is 1.11. The number of benzene rings is 3. The topological polar surface area (TPSA) is 79.7 Å². The van der Waals surface area contributed by atoms with Crippen molar-refractivity contribution >= 4 is 44.1 Å². The Balaban J connectivity index is 1.72. The number of carbonyl (C=O) groups excluding carboxylic acids is 2. The fraction of sp³-hybridized carbons (Fsp3) is 0.0800. The molecule has 164 valence electrons. The third-order valence-electron chi connectivity index (χ3n) is 5.45. The number of fused-ring (bicyclic) bond motifs is 1. The monoisotopic (exact) mass is 460 g/mol. The van der Waals surface area contributed by atoms with Crippen LogP contribution < -0.4 is 9.64 Å². The maximum absolute atomic E-state index is 13.7. The average molecular weight is 460 g/mol. The van der Waals surface area contributed by atoms with E-state index in [0.717, 1.165) is 11.3 Å². The summed E-state index contributed by atoms with van der Waals surface area (Å²) in [6.07, 6.45) is 0. The van der Waals surface area contributed by atoms with Gasteiger partial charge < -0.3 is 9.84 Å². The highest BCUT2D eigenvalue weighted by atomic mass is 32.1. The minimum atomic E-state index is -0.900. The average Bonchev–Trinajstić information content (AvgIpc) is 3.37. The van der Waals surface area contributed by atoms with Crippen LogP contribution in [0.2, 0.25) is 0 Å². The molecule has 33 heavy (non-hydrogen) atoms. The second kappa shape index (κ2) is 8.14. The number of hydrogen-bond acceptors (Lipinski definition) is 6. The van der Waals surface area contributed by atoms with E-state index in [1.54, 1.807) is 48.5 Å². The van der Waals surface area contributed by atoms with Gasteiger partial charge in [0.2, 0.25) is 0 Å². The molecule has 1 aliphatic rings. The normalized spacial score (nSPS) is 17.6. The van der Waals surface area contributed by atoms with Crippen LogP contribution >= 0.6 is 11.3 Å². The van der Waals surface area contributed by atoms with Crippen molar-refractivity contribution in [2.75, 3.05) is 12.0 Å². The number of halogens is 1. The van der Waals surface area contributed by atoms with Crippen LogP contribution in [0.3, 0.4) is 0 Å². The van der Waals surface area contributed by atoms with Gasteiger partial charge in [-0.3, -0.25) is 14.5 Å².